The lowest BCUT2D eigenvalue weighted by Gasteiger charge is -2.13. The van der Waals surface area contributed by atoms with Gasteiger partial charge in [-0.2, -0.15) is 0 Å². The van der Waals surface area contributed by atoms with Crippen molar-refractivity contribution in [3.05, 3.63) is 70.8 Å². The maximum atomic E-state index is 2.40. The summed E-state index contributed by atoms with van der Waals surface area (Å²) in [4.78, 5) is 0. The van der Waals surface area contributed by atoms with Crippen LogP contribution >= 0.6 is 0 Å². The van der Waals surface area contributed by atoms with Crippen LogP contribution in [0.3, 0.4) is 0 Å². The molecule has 0 heterocycles. The predicted molar refractivity (Wildman–Crippen MR) is 95.6 cm³/mol. The molecule has 0 aliphatic heterocycles. The Morgan fingerprint density at radius 3 is 2.55 bits per heavy atom. The molecule has 0 spiro atoms. The van der Waals surface area contributed by atoms with Crippen molar-refractivity contribution in [3.63, 3.8) is 0 Å². The van der Waals surface area contributed by atoms with Crippen LogP contribution < -0.4 is 0 Å². The molecule has 0 radical (unpaired) electrons. The van der Waals surface area contributed by atoms with E-state index in [1.165, 1.54) is 57.0 Å². The molecule has 3 aromatic carbocycles. The zero-order chi connectivity index (χ0) is 15.3. The van der Waals surface area contributed by atoms with Crippen molar-refractivity contribution in [1.29, 1.82) is 0 Å². The van der Waals surface area contributed by atoms with E-state index in [9.17, 15) is 0 Å². The summed E-state index contributed by atoms with van der Waals surface area (Å²) in [5, 5.41) is 2.81. The van der Waals surface area contributed by atoms with Crippen molar-refractivity contribution in [2.45, 2.75) is 39.5 Å². The van der Waals surface area contributed by atoms with Gasteiger partial charge in [0.2, 0.25) is 0 Å². The molecular formula is C22H22. The molecule has 110 valence electrons. The van der Waals surface area contributed by atoms with E-state index in [0.717, 1.165) is 0 Å². The molecule has 1 aliphatic rings. The van der Waals surface area contributed by atoms with Crippen LogP contribution in [0, 0.1) is 13.8 Å². The summed E-state index contributed by atoms with van der Waals surface area (Å²) in [6.07, 6.45) is 2.46. The third kappa shape index (κ3) is 1.83. The summed E-state index contributed by atoms with van der Waals surface area (Å²) in [6, 6.07) is 18.4. The molecule has 0 bridgehead atoms. The molecule has 1 unspecified atom stereocenters. The highest BCUT2D eigenvalue weighted by molar-refractivity contribution is 6.03. The first-order valence-corrected chi connectivity index (χ1v) is 8.34. The predicted octanol–water partition coefficient (Wildman–Crippen LogP) is 6.37. The van der Waals surface area contributed by atoms with Gasteiger partial charge < -0.3 is 0 Å². The molecule has 0 heteroatoms. The molecule has 0 fully saturated rings. The van der Waals surface area contributed by atoms with E-state index in [1.807, 2.05) is 0 Å². The van der Waals surface area contributed by atoms with Crippen molar-refractivity contribution in [2.24, 2.45) is 0 Å². The van der Waals surface area contributed by atoms with Crippen LogP contribution in [0.1, 0.15) is 47.9 Å². The largest absolute Gasteiger partial charge is 0.0653 e. The van der Waals surface area contributed by atoms with E-state index < -0.39 is 0 Å². The lowest BCUT2D eigenvalue weighted by Crippen LogP contribution is -1.96. The fraction of sp³-hybridized carbons (Fsp3) is 0.273. The minimum Gasteiger partial charge on any atom is -0.0653 e. The second-order valence-corrected chi connectivity index (χ2v) is 6.63. The first kappa shape index (κ1) is 13.6. The summed E-state index contributed by atoms with van der Waals surface area (Å²) < 4.78 is 0. The lowest BCUT2D eigenvalue weighted by molar-refractivity contribution is 0.711. The third-order valence-corrected chi connectivity index (χ3v) is 5.12. The van der Waals surface area contributed by atoms with Gasteiger partial charge in [0.25, 0.3) is 0 Å². The normalized spacial score (nSPS) is 15.9. The van der Waals surface area contributed by atoms with E-state index in [1.54, 1.807) is 0 Å². The van der Waals surface area contributed by atoms with Crippen LogP contribution in [0.25, 0.3) is 21.9 Å². The quantitative estimate of drug-likeness (QED) is 0.513. The van der Waals surface area contributed by atoms with Gasteiger partial charge >= 0.3 is 0 Å². The SMILES string of the molecule is CCCC1c2cc(C)ccc2-c2c1ccc1c(C)cccc21. The average molecular weight is 286 g/mol. The molecule has 0 aromatic heterocycles. The van der Waals surface area contributed by atoms with E-state index in [4.69, 9.17) is 0 Å². The molecule has 1 aliphatic carbocycles. The second kappa shape index (κ2) is 4.98. The number of hydrogen-bond acceptors (Lipinski definition) is 0. The second-order valence-electron chi connectivity index (χ2n) is 6.63. The Balaban J connectivity index is 2.09. The van der Waals surface area contributed by atoms with Crippen molar-refractivity contribution in [3.8, 4) is 11.1 Å². The molecule has 0 nitrogen and oxygen atoms in total. The fourth-order valence-electron chi connectivity index (χ4n) is 4.09. The minimum absolute atomic E-state index is 0.569. The maximum absolute atomic E-state index is 2.40. The summed E-state index contributed by atoms with van der Waals surface area (Å²) in [6.45, 7) is 6.70. The van der Waals surface area contributed by atoms with Gasteiger partial charge in [-0.05, 0) is 58.9 Å². The number of hydrogen-bond donors (Lipinski definition) is 0. The van der Waals surface area contributed by atoms with Gasteiger partial charge in [0.05, 0.1) is 0 Å². The van der Waals surface area contributed by atoms with Crippen LogP contribution in [-0.2, 0) is 0 Å². The number of aryl methyl sites for hydroxylation is 2. The number of fused-ring (bicyclic) bond motifs is 5. The highest BCUT2D eigenvalue weighted by atomic mass is 14.3. The molecule has 4 rings (SSSR count). The monoisotopic (exact) mass is 286 g/mol. The Labute approximate surface area is 132 Å². The standard InChI is InChI=1S/C22H22/c1-4-6-17-19-12-11-16-15(3)7-5-8-18(16)22(19)20-10-9-14(2)13-21(17)20/h5,7-13,17H,4,6H2,1-3H3. The van der Waals surface area contributed by atoms with Crippen LogP contribution in [0.15, 0.2) is 48.5 Å². The summed E-state index contributed by atoms with van der Waals surface area (Å²) in [5.74, 6) is 0.569. The molecule has 22 heavy (non-hydrogen) atoms. The van der Waals surface area contributed by atoms with Crippen LogP contribution in [0.5, 0.6) is 0 Å². The smallest absolute Gasteiger partial charge is 0.0102 e. The summed E-state index contributed by atoms with van der Waals surface area (Å²) in [5.41, 5.74) is 8.73. The van der Waals surface area contributed by atoms with Gasteiger partial charge in [0.15, 0.2) is 0 Å². The van der Waals surface area contributed by atoms with Gasteiger partial charge in [-0.25, -0.2) is 0 Å². The molecule has 0 N–H and O–H groups in total. The van der Waals surface area contributed by atoms with E-state index >= 15 is 0 Å². The zero-order valence-electron chi connectivity index (χ0n) is 13.6. The number of benzene rings is 3. The molecule has 0 saturated heterocycles. The molecule has 1 atom stereocenters. The van der Waals surface area contributed by atoms with E-state index in [0.29, 0.717) is 5.92 Å². The van der Waals surface area contributed by atoms with Gasteiger partial charge in [-0.15, -0.1) is 0 Å². The summed E-state index contributed by atoms with van der Waals surface area (Å²) >= 11 is 0. The maximum Gasteiger partial charge on any atom is 0.0102 e. The van der Waals surface area contributed by atoms with Crippen molar-refractivity contribution in [2.75, 3.05) is 0 Å². The van der Waals surface area contributed by atoms with Gasteiger partial charge in [-0.1, -0.05) is 67.4 Å². The molecule has 0 saturated carbocycles. The average Bonchev–Trinajstić information content (AvgIpc) is 2.82. The Hall–Kier alpha value is -2.08. The Morgan fingerprint density at radius 2 is 1.73 bits per heavy atom. The molecule has 3 aromatic rings. The van der Waals surface area contributed by atoms with E-state index in [2.05, 4.69) is 69.3 Å². The Kier molecular flexibility index (Phi) is 3.07. The van der Waals surface area contributed by atoms with Crippen LogP contribution in [-0.4, -0.2) is 0 Å². The van der Waals surface area contributed by atoms with Crippen molar-refractivity contribution < 1.29 is 0 Å². The third-order valence-electron chi connectivity index (χ3n) is 5.12. The minimum atomic E-state index is 0.569. The highest BCUT2D eigenvalue weighted by Gasteiger charge is 2.29. The first-order chi connectivity index (χ1) is 10.7. The first-order valence-electron chi connectivity index (χ1n) is 8.34. The molecular weight excluding hydrogens is 264 g/mol. The topological polar surface area (TPSA) is 0 Å². The molecule has 0 amide bonds. The zero-order valence-corrected chi connectivity index (χ0v) is 13.6. The van der Waals surface area contributed by atoms with Gasteiger partial charge in [0, 0.05) is 5.92 Å². The van der Waals surface area contributed by atoms with Gasteiger partial charge in [-0.3, -0.25) is 0 Å². The number of rotatable bonds is 2. The lowest BCUT2D eigenvalue weighted by atomic mass is 9.90. The highest BCUT2D eigenvalue weighted by Crippen LogP contribution is 2.50. The van der Waals surface area contributed by atoms with E-state index in [-0.39, 0.29) is 0 Å². The van der Waals surface area contributed by atoms with Crippen LogP contribution in [0.2, 0.25) is 0 Å². The van der Waals surface area contributed by atoms with Crippen molar-refractivity contribution in [1.82, 2.24) is 0 Å². The van der Waals surface area contributed by atoms with Gasteiger partial charge in [0.1, 0.15) is 0 Å². The van der Waals surface area contributed by atoms with Crippen LogP contribution in [0.4, 0.5) is 0 Å². The Morgan fingerprint density at radius 1 is 0.864 bits per heavy atom. The fourth-order valence-corrected chi connectivity index (χ4v) is 4.09. The Bertz CT molecular complexity index is 871. The summed E-state index contributed by atoms with van der Waals surface area (Å²) in [7, 11) is 0. The van der Waals surface area contributed by atoms with Crippen molar-refractivity contribution >= 4 is 10.8 Å².